The number of nitrogens with one attached hydrogen (secondary N) is 1. The number of rotatable bonds is 7. The summed E-state index contributed by atoms with van der Waals surface area (Å²) in [6.07, 6.45) is 5.67. The first-order valence-corrected chi connectivity index (χ1v) is 9.26. The van der Waals surface area contributed by atoms with Crippen molar-refractivity contribution in [1.29, 1.82) is 0 Å². The molecular formula is C23H23NO4. The zero-order valence-corrected chi connectivity index (χ0v) is 15.8. The normalized spacial score (nSPS) is 14.3. The number of alkyl carbamates (subject to hydrolysis) is 1. The molecule has 2 N–H and O–H groups in total. The summed E-state index contributed by atoms with van der Waals surface area (Å²) in [6, 6.07) is 16.1. The number of terminal acetylenes is 1. The van der Waals surface area contributed by atoms with Crippen molar-refractivity contribution < 1.29 is 19.4 Å². The number of carboxylic acids is 1. The Bertz CT molecular complexity index is 885. The predicted molar refractivity (Wildman–Crippen MR) is 107 cm³/mol. The maximum absolute atomic E-state index is 12.3. The van der Waals surface area contributed by atoms with Gasteiger partial charge in [0.2, 0.25) is 0 Å². The van der Waals surface area contributed by atoms with E-state index in [0.29, 0.717) is 12.8 Å². The molecule has 0 heterocycles. The number of carbonyl (C=O) groups is 2. The Hall–Kier alpha value is -3.26. The van der Waals surface area contributed by atoms with Crippen LogP contribution in [0.4, 0.5) is 4.79 Å². The zero-order valence-electron chi connectivity index (χ0n) is 15.8. The van der Waals surface area contributed by atoms with Gasteiger partial charge < -0.3 is 15.2 Å². The molecule has 1 aliphatic carbocycles. The molecule has 0 unspecified atom stereocenters. The monoisotopic (exact) mass is 377 g/mol. The highest BCUT2D eigenvalue weighted by Crippen LogP contribution is 2.44. The molecule has 0 radical (unpaired) electrons. The fraction of sp³-hybridized carbons (Fsp3) is 0.304. The number of hydrogen-bond acceptors (Lipinski definition) is 3. The lowest BCUT2D eigenvalue weighted by Gasteiger charge is -2.26. The van der Waals surface area contributed by atoms with Crippen molar-refractivity contribution in [2.45, 2.75) is 37.6 Å². The fourth-order valence-electron chi connectivity index (χ4n) is 3.63. The number of unbranched alkanes of at least 4 members (excludes halogenated alkanes) is 1. The molecule has 144 valence electrons. The SMILES string of the molecule is C#CCCC[C@@](C)(NC(=O)OCC1c2ccccc2-c2ccccc21)C(=O)O. The quantitative estimate of drug-likeness (QED) is 0.561. The molecule has 5 nitrogen and oxygen atoms in total. The van der Waals surface area contributed by atoms with Crippen LogP contribution in [0.3, 0.4) is 0 Å². The van der Waals surface area contributed by atoms with Gasteiger partial charge in [-0.25, -0.2) is 9.59 Å². The summed E-state index contributed by atoms with van der Waals surface area (Å²) in [5.74, 6) is 1.29. The molecule has 28 heavy (non-hydrogen) atoms. The van der Waals surface area contributed by atoms with Gasteiger partial charge in [-0.05, 0) is 42.0 Å². The van der Waals surface area contributed by atoms with Crippen LogP contribution in [-0.4, -0.2) is 29.3 Å². The van der Waals surface area contributed by atoms with Crippen molar-refractivity contribution in [1.82, 2.24) is 5.32 Å². The van der Waals surface area contributed by atoms with E-state index in [4.69, 9.17) is 11.2 Å². The van der Waals surface area contributed by atoms with Gasteiger partial charge in [0.25, 0.3) is 0 Å². The molecule has 2 aromatic rings. The summed E-state index contributed by atoms with van der Waals surface area (Å²) < 4.78 is 5.44. The van der Waals surface area contributed by atoms with Crippen LogP contribution in [-0.2, 0) is 9.53 Å². The molecule has 2 aromatic carbocycles. The average Bonchev–Trinajstić information content (AvgIpc) is 3.00. The van der Waals surface area contributed by atoms with E-state index in [1.807, 2.05) is 36.4 Å². The average molecular weight is 377 g/mol. The molecule has 5 heteroatoms. The highest BCUT2D eigenvalue weighted by Gasteiger charge is 2.35. The number of ether oxygens (including phenoxy) is 1. The molecule has 0 saturated carbocycles. The zero-order chi connectivity index (χ0) is 20.1. The van der Waals surface area contributed by atoms with E-state index in [1.165, 1.54) is 6.92 Å². The highest BCUT2D eigenvalue weighted by molar-refractivity contribution is 5.84. The third-order valence-electron chi connectivity index (χ3n) is 5.19. The minimum Gasteiger partial charge on any atom is -0.480 e. The minimum absolute atomic E-state index is 0.0734. The molecule has 0 spiro atoms. The smallest absolute Gasteiger partial charge is 0.408 e. The highest BCUT2D eigenvalue weighted by atomic mass is 16.5. The van der Waals surface area contributed by atoms with E-state index in [9.17, 15) is 14.7 Å². The second-order valence-electron chi connectivity index (χ2n) is 7.15. The van der Waals surface area contributed by atoms with Crippen molar-refractivity contribution in [3.05, 3.63) is 59.7 Å². The van der Waals surface area contributed by atoms with Crippen LogP contribution in [0.2, 0.25) is 0 Å². The number of carboxylic acid groups (broad SMARTS) is 1. The van der Waals surface area contributed by atoms with Crippen LogP contribution < -0.4 is 5.32 Å². The van der Waals surface area contributed by atoms with Gasteiger partial charge in [0, 0.05) is 12.3 Å². The first kappa shape index (κ1) is 19.5. The molecular weight excluding hydrogens is 354 g/mol. The number of carbonyl (C=O) groups excluding carboxylic acids is 1. The molecule has 0 saturated heterocycles. The Kier molecular flexibility index (Phi) is 5.70. The summed E-state index contributed by atoms with van der Waals surface area (Å²) in [4.78, 5) is 24.0. The van der Waals surface area contributed by atoms with Crippen molar-refractivity contribution in [3.8, 4) is 23.5 Å². The standard InChI is InChI=1S/C23H23NO4/c1-3-4-9-14-23(2,21(25)26)24-22(27)28-15-20-18-12-7-5-10-16(18)17-11-6-8-13-19(17)20/h1,5-8,10-13,20H,4,9,14-15H2,2H3,(H,24,27)(H,25,26)/t23-/m1/s1. The minimum atomic E-state index is -1.42. The van der Waals surface area contributed by atoms with Crippen molar-refractivity contribution >= 4 is 12.1 Å². The predicted octanol–water partition coefficient (Wildman–Crippen LogP) is 4.17. The van der Waals surface area contributed by atoms with E-state index in [1.54, 1.807) is 0 Å². The van der Waals surface area contributed by atoms with E-state index >= 15 is 0 Å². The lowest BCUT2D eigenvalue weighted by atomic mass is 9.95. The fourth-order valence-corrected chi connectivity index (χ4v) is 3.63. The number of benzene rings is 2. The maximum Gasteiger partial charge on any atom is 0.408 e. The van der Waals surface area contributed by atoms with Gasteiger partial charge >= 0.3 is 12.1 Å². The van der Waals surface area contributed by atoms with Gasteiger partial charge in [-0.2, -0.15) is 0 Å². The number of amides is 1. The molecule has 3 rings (SSSR count). The van der Waals surface area contributed by atoms with E-state index in [2.05, 4.69) is 23.4 Å². The van der Waals surface area contributed by atoms with Crippen LogP contribution in [0.15, 0.2) is 48.5 Å². The first-order chi connectivity index (χ1) is 13.5. The summed E-state index contributed by atoms with van der Waals surface area (Å²) in [5.41, 5.74) is 3.06. The topological polar surface area (TPSA) is 75.6 Å². The van der Waals surface area contributed by atoms with Gasteiger partial charge in [0.1, 0.15) is 12.1 Å². The Morgan fingerprint density at radius 3 is 2.25 bits per heavy atom. The Morgan fingerprint density at radius 2 is 1.71 bits per heavy atom. The van der Waals surface area contributed by atoms with Gasteiger partial charge in [-0.1, -0.05) is 48.5 Å². The summed E-state index contributed by atoms with van der Waals surface area (Å²) in [5, 5.41) is 12.0. The molecule has 1 aliphatic rings. The van der Waals surface area contributed by atoms with Crippen LogP contribution in [0.25, 0.3) is 11.1 Å². The van der Waals surface area contributed by atoms with Crippen LogP contribution >= 0.6 is 0 Å². The Labute approximate surface area is 164 Å². The van der Waals surface area contributed by atoms with E-state index in [0.717, 1.165) is 22.3 Å². The molecule has 1 amide bonds. The van der Waals surface area contributed by atoms with Crippen molar-refractivity contribution in [2.75, 3.05) is 6.61 Å². The molecule has 0 aromatic heterocycles. The largest absolute Gasteiger partial charge is 0.480 e. The van der Waals surface area contributed by atoms with Gasteiger partial charge in [0.15, 0.2) is 0 Å². The summed E-state index contributed by atoms with van der Waals surface area (Å²) in [6.45, 7) is 1.60. The van der Waals surface area contributed by atoms with Crippen molar-refractivity contribution in [3.63, 3.8) is 0 Å². The van der Waals surface area contributed by atoms with E-state index in [-0.39, 0.29) is 18.9 Å². The maximum atomic E-state index is 12.3. The van der Waals surface area contributed by atoms with Crippen LogP contribution in [0.1, 0.15) is 43.2 Å². The van der Waals surface area contributed by atoms with Gasteiger partial charge in [-0.15, -0.1) is 12.3 Å². The van der Waals surface area contributed by atoms with Gasteiger partial charge in [0.05, 0.1) is 0 Å². The first-order valence-electron chi connectivity index (χ1n) is 9.26. The molecule has 0 fully saturated rings. The van der Waals surface area contributed by atoms with Crippen LogP contribution in [0.5, 0.6) is 0 Å². The third-order valence-corrected chi connectivity index (χ3v) is 5.19. The summed E-state index contributed by atoms with van der Waals surface area (Å²) >= 11 is 0. The van der Waals surface area contributed by atoms with E-state index < -0.39 is 17.6 Å². The number of aliphatic carboxylic acids is 1. The molecule has 1 atom stereocenters. The number of hydrogen-bond donors (Lipinski definition) is 2. The second-order valence-corrected chi connectivity index (χ2v) is 7.15. The lowest BCUT2D eigenvalue weighted by molar-refractivity contribution is -0.144. The third kappa shape index (κ3) is 3.86. The number of fused-ring (bicyclic) bond motifs is 3. The summed E-state index contributed by atoms with van der Waals surface area (Å²) in [7, 11) is 0. The van der Waals surface area contributed by atoms with Crippen molar-refractivity contribution in [2.24, 2.45) is 0 Å². The van der Waals surface area contributed by atoms with Gasteiger partial charge in [-0.3, -0.25) is 0 Å². The Balaban J connectivity index is 1.69. The Morgan fingerprint density at radius 1 is 1.14 bits per heavy atom. The van der Waals surface area contributed by atoms with Crippen LogP contribution in [0, 0.1) is 12.3 Å². The second kappa shape index (κ2) is 8.18. The molecule has 0 aliphatic heterocycles. The lowest BCUT2D eigenvalue weighted by Crippen LogP contribution is -2.52. The molecule has 0 bridgehead atoms.